The summed E-state index contributed by atoms with van der Waals surface area (Å²) in [5.41, 5.74) is 0. The van der Waals surface area contributed by atoms with Crippen molar-refractivity contribution in [1.82, 2.24) is 0 Å². The normalized spacial score (nSPS) is 11.5. The zero-order valence-electron chi connectivity index (χ0n) is 14.8. The van der Waals surface area contributed by atoms with Gasteiger partial charge in [-0.15, -0.1) is 0 Å². The third-order valence-electron chi connectivity index (χ3n) is 3.65. The quantitative estimate of drug-likeness (QED) is 0.200. The Morgan fingerprint density at radius 1 is 0.773 bits per heavy atom. The standard InChI is InChI=1S/C20H36O2/c1-3-4-5-6-7-8-9-10-11-12-13-14-15-16-17-18-19-22-20(2)21/h7-8,10-11H,3-6,9,12-19H2,1-2H3/b8-7+,11-10+. The van der Waals surface area contributed by atoms with E-state index in [0.717, 1.165) is 12.8 Å². The van der Waals surface area contributed by atoms with Crippen LogP contribution in [-0.2, 0) is 9.53 Å². The highest BCUT2D eigenvalue weighted by Gasteiger charge is 1.93. The number of hydrogen-bond acceptors (Lipinski definition) is 2. The van der Waals surface area contributed by atoms with Gasteiger partial charge in [0.15, 0.2) is 0 Å². The van der Waals surface area contributed by atoms with Crippen LogP contribution in [0.5, 0.6) is 0 Å². The molecule has 0 aliphatic heterocycles. The van der Waals surface area contributed by atoms with E-state index in [0.29, 0.717) is 6.61 Å². The van der Waals surface area contributed by atoms with Crippen LogP contribution < -0.4 is 0 Å². The van der Waals surface area contributed by atoms with Crippen LogP contribution in [0, 0.1) is 0 Å². The Kier molecular flexibility index (Phi) is 17.1. The summed E-state index contributed by atoms with van der Waals surface area (Å²) in [5, 5.41) is 0. The molecule has 0 atom stereocenters. The van der Waals surface area contributed by atoms with Crippen molar-refractivity contribution < 1.29 is 9.53 Å². The first-order chi connectivity index (χ1) is 10.8. The minimum Gasteiger partial charge on any atom is -0.466 e. The van der Waals surface area contributed by atoms with E-state index in [9.17, 15) is 4.79 Å². The van der Waals surface area contributed by atoms with E-state index in [1.165, 1.54) is 71.1 Å². The van der Waals surface area contributed by atoms with E-state index < -0.39 is 0 Å². The molecule has 0 bridgehead atoms. The lowest BCUT2D eigenvalue weighted by molar-refractivity contribution is -0.141. The fraction of sp³-hybridized carbons (Fsp3) is 0.750. The first-order valence-electron chi connectivity index (χ1n) is 9.20. The summed E-state index contributed by atoms with van der Waals surface area (Å²) in [4.78, 5) is 10.6. The maximum absolute atomic E-state index is 10.6. The summed E-state index contributed by atoms with van der Waals surface area (Å²) >= 11 is 0. The van der Waals surface area contributed by atoms with Gasteiger partial charge in [0.05, 0.1) is 6.61 Å². The summed E-state index contributed by atoms with van der Waals surface area (Å²) in [7, 11) is 0. The molecule has 0 N–H and O–H groups in total. The molecule has 0 heterocycles. The van der Waals surface area contributed by atoms with Crippen molar-refractivity contribution in [1.29, 1.82) is 0 Å². The van der Waals surface area contributed by atoms with Crippen molar-refractivity contribution in [3.63, 3.8) is 0 Å². The number of rotatable bonds is 15. The van der Waals surface area contributed by atoms with E-state index in [2.05, 4.69) is 31.2 Å². The number of allylic oxidation sites excluding steroid dienone is 4. The smallest absolute Gasteiger partial charge is 0.302 e. The number of carbonyl (C=O) groups excluding carboxylic acids is 1. The lowest BCUT2D eigenvalue weighted by Gasteiger charge is -2.02. The molecule has 0 saturated carbocycles. The van der Waals surface area contributed by atoms with Gasteiger partial charge in [-0.1, -0.05) is 69.8 Å². The van der Waals surface area contributed by atoms with Gasteiger partial charge in [0, 0.05) is 6.92 Å². The minimum absolute atomic E-state index is 0.164. The number of unbranched alkanes of at least 4 members (excludes halogenated alkanes) is 9. The van der Waals surface area contributed by atoms with Crippen LogP contribution in [0.15, 0.2) is 24.3 Å². The molecule has 0 aliphatic carbocycles. The Morgan fingerprint density at radius 3 is 1.91 bits per heavy atom. The Bertz CT molecular complexity index is 292. The zero-order chi connectivity index (χ0) is 16.3. The highest BCUT2D eigenvalue weighted by atomic mass is 16.5. The van der Waals surface area contributed by atoms with Gasteiger partial charge in [-0.05, 0) is 38.5 Å². The molecule has 0 radical (unpaired) electrons. The molecular weight excluding hydrogens is 272 g/mol. The second-order valence-corrected chi connectivity index (χ2v) is 5.92. The van der Waals surface area contributed by atoms with Crippen molar-refractivity contribution in [3.05, 3.63) is 24.3 Å². The highest BCUT2D eigenvalue weighted by Crippen LogP contribution is 2.08. The third-order valence-corrected chi connectivity index (χ3v) is 3.65. The van der Waals surface area contributed by atoms with Crippen molar-refractivity contribution in [2.75, 3.05) is 6.61 Å². The Morgan fingerprint density at radius 2 is 1.32 bits per heavy atom. The maximum atomic E-state index is 10.6. The molecule has 128 valence electrons. The van der Waals surface area contributed by atoms with E-state index >= 15 is 0 Å². The summed E-state index contributed by atoms with van der Waals surface area (Å²) in [6, 6.07) is 0. The van der Waals surface area contributed by atoms with Gasteiger partial charge < -0.3 is 4.74 Å². The Balaban J connectivity index is 3.15. The molecule has 0 saturated heterocycles. The van der Waals surface area contributed by atoms with Crippen molar-refractivity contribution in [2.24, 2.45) is 0 Å². The van der Waals surface area contributed by atoms with Gasteiger partial charge in [0.1, 0.15) is 0 Å². The van der Waals surface area contributed by atoms with Crippen LogP contribution in [0.1, 0.15) is 90.9 Å². The summed E-state index contributed by atoms with van der Waals surface area (Å²) in [6.45, 7) is 4.30. The van der Waals surface area contributed by atoms with Crippen molar-refractivity contribution in [2.45, 2.75) is 90.9 Å². The second kappa shape index (κ2) is 18.0. The summed E-state index contributed by atoms with van der Waals surface area (Å²) in [6.07, 6.45) is 24.1. The minimum atomic E-state index is -0.164. The van der Waals surface area contributed by atoms with Gasteiger partial charge >= 0.3 is 5.97 Å². The molecule has 0 aromatic rings. The van der Waals surface area contributed by atoms with Gasteiger partial charge in [0.2, 0.25) is 0 Å². The molecule has 0 aliphatic rings. The number of ether oxygens (including phenoxy) is 1. The monoisotopic (exact) mass is 308 g/mol. The van der Waals surface area contributed by atoms with Gasteiger partial charge in [-0.3, -0.25) is 4.79 Å². The maximum Gasteiger partial charge on any atom is 0.302 e. The van der Waals surface area contributed by atoms with Crippen LogP contribution >= 0.6 is 0 Å². The molecule has 2 heteroatoms. The fourth-order valence-electron chi connectivity index (χ4n) is 2.31. The molecule has 2 nitrogen and oxygen atoms in total. The van der Waals surface area contributed by atoms with Crippen LogP contribution in [0.25, 0.3) is 0 Å². The van der Waals surface area contributed by atoms with Crippen LogP contribution in [-0.4, -0.2) is 12.6 Å². The van der Waals surface area contributed by atoms with E-state index in [1.54, 1.807) is 0 Å². The lowest BCUT2D eigenvalue weighted by Crippen LogP contribution is -1.99. The molecule has 0 fully saturated rings. The molecule has 0 aromatic carbocycles. The molecule has 22 heavy (non-hydrogen) atoms. The molecule has 0 aromatic heterocycles. The van der Waals surface area contributed by atoms with Crippen LogP contribution in [0.4, 0.5) is 0 Å². The van der Waals surface area contributed by atoms with E-state index in [-0.39, 0.29) is 5.97 Å². The highest BCUT2D eigenvalue weighted by molar-refractivity contribution is 5.65. The van der Waals surface area contributed by atoms with E-state index in [4.69, 9.17) is 4.74 Å². The number of hydrogen-bond donors (Lipinski definition) is 0. The van der Waals surface area contributed by atoms with Crippen molar-refractivity contribution in [3.8, 4) is 0 Å². The predicted octanol–water partition coefficient (Wildman–Crippen LogP) is 6.36. The van der Waals surface area contributed by atoms with Gasteiger partial charge in [0.25, 0.3) is 0 Å². The third kappa shape index (κ3) is 18.9. The SMILES string of the molecule is CCCCC/C=C/C/C=C/CCCCCCCCOC(C)=O. The topological polar surface area (TPSA) is 26.3 Å². The molecular formula is C20H36O2. The second-order valence-electron chi connectivity index (χ2n) is 5.92. The molecule has 0 rings (SSSR count). The number of carbonyl (C=O) groups is 1. The summed E-state index contributed by atoms with van der Waals surface area (Å²) in [5.74, 6) is -0.164. The van der Waals surface area contributed by atoms with E-state index in [1.807, 2.05) is 0 Å². The van der Waals surface area contributed by atoms with Crippen LogP contribution in [0.3, 0.4) is 0 Å². The molecule has 0 spiro atoms. The Hall–Kier alpha value is -1.05. The molecule has 0 amide bonds. The average molecular weight is 309 g/mol. The molecule has 0 unspecified atom stereocenters. The van der Waals surface area contributed by atoms with Gasteiger partial charge in [-0.25, -0.2) is 0 Å². The lowest BCUT2D eigenvalue weighted by atomic mass is 10.1. The number of esters is 1. The summed E-state index contributed by atoms with van der Waals surface area (Å²) < 4.78 is 4.91. The zero-order valence-corrected chi connectivity index (χ0v) is 14.8. The Labute approximate surface area is 138 Å². The van der Waals surface area contributed by atoms with Crippen LogP contribution in [0.2, 0.25) is 0 Å². The average Bonchev–Trinajstić information content (AvgIpc) is 2.50. The largest absolute Gasteiger partial charge is 0.466 e. The fourth-order valence-corrected chi connectivity index (χ4v) is 2.31. The predicted molar refractivity (Wildman–Crippen MR) is 96.0 cm³/mol. The first-order valence-corrected chi connectivity index (χ1v) is 9.20. The van der Waals surface area contributed by atoms with Gasteiger partial charge in [-0.2, -0.15) is 0 Å². The van der Waals surface area contributed by atoms with Crippen molar-refractivity contribution >= 4 is 5.97 Å². The first kappa shape index (κ1) is 20.9.